The third-order valence-electron chi connectivity index (χ3n) is 6.93. The lowest BCUT2D eigenvalue weighted by Gasteiger charge is -2.36. The zero-order chi connectivity index (χ0) is 22.6. The highest BCUT2D eigenvalue weighted by Crippen LogP contribution is 2.52. The Balaban J connectivity index is 1.70. The third kappa shape index (κ3) is 2.95. The Hall–Kier alpha value is -4.04. The molecule has 1 N–H and O–H groups in total. The number of hydrogen-bond donors (Lipinski definition) is 1. The van der Waals surface area contributed by atoms with Crippen LogP contribution in [-0.4, -0.2) is 5.11 Å². The van der Waals surface area contributed by atoms with Crippen molar-refractivity contribution in [3.63, 3.8) is 0 Å². The predicted molar refractivity (Wildman–Crippen MR) is 138 cm³/mol. The maximum Gasteiger partial charge on any atom is 0.116 e. The van der Waals surface area contributed by atoms with Gasteiger partial charge in [0.1, 0.15) is 5.75 Å². The summed E-state index contributed by atoms with van der Waals surface area (Å²) in [6.45, 7) is 4.55. The lowest BCUT2D eigenvalue weighted by Crippen LogP contribution is -2.24. The molecule has 0 heterocycles. The van der Waals surface area contributed by atoms with Crippen molar-refractivity contribution in [2.45, 2.75) is 19.3 Å². The van der Waals surface area contributed by atoms with E-state index in [1.807, 2.05) is 6.07 Å². The van der Waals surface area contributed by atoms with E-state index in [-0.39, 0.29) is 5.41 Å². The summed E-state index contributed by atoms with van der Waals surface area (Å²) in [6.07, 6.45) is 0. The summed E-state index contributed by atoms with van der Waals surface area (Å²) in [5.74, 6) is 0.302. The molecule has 0 spiro atoms. The molecule has 0 bridgehead atoms. The van der Waals surface area contributed by atoms with Gasteiger partial charge in [-0.3, -0.25) is 0 Å². The molecule has 6 rings (SSSR count). The van der Waals surface area contributed by atoms with Crippen molar-refractivity contribution in [2.75, 3.05) is 4.90 Å². The summed E-state index contributed by atoms with van der Waals surface area (Å²) >= 11 is 0. The van der Waals surface area contributed by atoms with Crippen molar-refractivity contribution < 1.29 is 5.11 Å². The Morgan fingerprint density at radius 3 is 1.94 bits per heavy atom. The van der Waals surface area contributed by atoms with Crippen LogP contribution in [0.15, 0.2) is 109 Å². The summed E-state index contributed by atoms with van der Waals surface area (Å²) in [5, 5.41) is 12.8. The van der Waals surface area contributed by atoms with Gasteiger partial charge in [-0.2, -0.15) is 0 Å². The lowest BCUT2D eigenvalue weighted by molar-refractivity contribution is 0.474. The zero-order valence-electron chi connectivity index (χ0n) is 18.8. The summed E-state index contributed by atoms with van der Waals surface area (Å²) in [5.41, 5.74) is 8.07. The molecule has 0 fully saturated rings. The number of nitrogens with zero attached hydrogens (tertiary/aromatic N) is 1. The van der Waals surface area contributed by atoms with Crippen LogP contribution in [0, 0.1) is 0 Å². The maximum absolute atomic E-state index is 10.3. The molecule has 0 unspecified atom stereocenters. The van der Waals surface area contributed by atoms with E-state index in [4.69, 9.17) is 0 Å². The monoisotopic (exact) mass is 427 g/mol. The van der Waals surface area contributed by atoms with Gasteiger partial charge >= 0.3 is 0 Å². The quantitative estimate of drug-likeness (QED) is 0.313. The van der Waals surface area contributed by atoms with Gasteiger partial charge in [0.25, 0.3) is 0 Å². The van der Waals surface area contributed by atoms with Gasteiger partial charge in [-0.25, -0.2) is 0 Å². The van der Waals surface area contributed by atoms with E-state index in [2.05, 4.69) is 116 Å². The highest BCUT2D eigenvalue weighted by atomic mass is 16.3. The van der Waals surface area contributed by atoms with Crippen LogP contribution in [0.5, 0.6) is 5.75 Å². The Morgan fingerprint density at radius 1 is 0.606 bits per heavy atom. The van der Waals surface area contributed by atoms with E-state index >= 15 is 0 Å². The second-order valence-electron chi connectivity index (χ2n) is 9.22. The topological polar surface area (TPSA) is 23.5 Å². The highest BCUT2D eigenvalue weighted by molar-refractivity contribution is 6.10. The van der Waals surface area contributed by atoms with Crippen LogP contribution in [0.2, 0.25) is 0 Å². The molecule has 160 valence electrons. The van der Waals surface area contributed by atoms with Crippen LogP contribution in [0.1, 0.15) is 25.0 Å². The van der Waals surface area contributed by atoms with E-state index in [0.29, 0.717) is 5.75 Å². The van der Waals surface area contributed by atoms with Crippen LogP contribution >= 0.6 is 0 Å². The Labute approximate surface area is 194 Å². The molecule has 0 atom stereocenters. The van der Waals surface area contributed by atoms with Gasteiger partial charge in [-0.1, -0.05) is 80.6 Å². The van der Waals surface area contributed by atoms with Crippen LogP contribution in [-0.2, 0) is 5.41 Å². The third-order valence-corrected chi connectivity index (χ3v) is 6.93. The van der Waals surface area contributed by atoms with Gasteiger partial charge in [0.15, 0.2) is 0 Å². The number of aromatic hydroxyl groups is 1. The Bertz CT molecular complexity index is 1450. The van der Waals surface area contributed by atoms with Gasteiger partial charge in [0.05, 0.1) is 5.69 Å². The first kappa shape index (κ1) is 19.6. The predicted octanol–water partition coefficient (Wildman–Crippen LogP) is 8.32. The number of para-hydroxylation sites is 2. The molecule has 0 saturated carbocycles. The number of benzene rings is 5. The Morgan fingerprint density at radius 2 is 1.27 bits per heavy atom. The number of hydrogen-bond acceptors (Lipinski definition) is 2. The zero-order valence-corrected chi connectivity index (χ0v) is 18.8. The van der Waals surface area contributed by atoms with E-state index < -0.39 is 0 Å². The van der Waals surface area contributed by atoms with Crippen molar-refractivity contribution in [3.05, 3.63) is 120 Å². The minimum atomic E-state index is -0.168. The SMILES string of the molecule is CC1(C)c2ccc(O)cc2-c2ccc(N(c3ccccc3)c3ccccc3)c3cccc1c23. The fraction of sp³-hybridized carbons (Fsp3) is 0.0968. The molecular formula is C31H25NO. The second-order valence-corrected chi connectivity index (χ2v) is 9.22. The molecule has 33 heavy (non-hydrogen) atoms. The average molecular weight is 428 g/mol. The molecule has 0 saturated heterocycles. The first-order valence-corrected chi connectivity index (χ1v) is 11.4. The summed E-state index contributed by atoms with van der Waals surface area (Å²) in [6, 6.07) is 37.9. The largest absolute Gasteiger partial charge is 0.508 e. The maximum atomic E-state index is 10.3. The van der Waals surface area contributed by atoms with Crippen molar-refractivity contribution in [1.82, 2.24) is 0 Å². The van der Waals surface area contributed by atoms with Crippen molar-refractivity contribution in [2.24, 2.45) is 0 Å². The van der Waals surface area contributed by atoms with Crippen molar-refractivity contribution in [3.8, 4) is 16.9 Å². The molecule has 0 radical (unpaired) electrons. The molecule has 2 heteroatoms. The fourth-order valence-corrected chi connectivity index (χ4v) is 5.36. The minimum absolute atomic E-state index is 0.168. The molecule has 5 aromatic rings. The van der Waals surface area contributed by atoms with E-state index in [1.54, 1.807) is 6.07 Å². The number of phenols is 1. The van der Waals surface area contributed by atoms with Gasteiger partial charge < -0.3 is 10.0 Å². The molecule has 0 aliphatic heterocycles. The number of anilines is 3. The Kier molecular flexibility index (Phi) is 4.31. The van der Waals surface area contributed by atoms with Crippen LogP contribution in [0.3, 0.4) is 0 Å². The normalized spacial score (nSPS) is 13.5. The van der Waals surface area contributed by atoms with Crippen molar-refractivity contribution in [1.29, 1.82) is 0 Å². The molecule has 1 aliphatic carbocycles. The van der Waals surface area contributed by atoms with E-state index in [9.17, 15) is 5.11 Å². The fourth-order valence-electron chi connectivity index (χ4n) is 5.36. The van der Waals surface area contributed by atoms with E-state index in [1.165, 1.54) is 27.5 Å². The van der Waals surface area contributed by atoms with E-state index in [0.717, 1.165) is 22.6 Å². The van der Waals surface area contributed by atoms with Gasteiger partial charge in [0.2, 0.25) is 0 Å². The van der Waals surface area contributed by atoms with Gasteiger partial charge in [-0.05, 0) is 70.1 Å². The molecule has 0 amide bonds. The summed E-state index contributed by atoms with van der Waals surface area (Å²) < 4.78 is 0. The highest BCUT2D eigenvalue weighted by Gasteiger charge is 2.34. The van der Waals surface area contributed by atoms with Crippen LogP contribution in [0.4, 0.5) is 17.1 Å². The molecule has 1 aliphatic rings. The van der Waals surface area contributed by atoms with Gasteiger partial charge in [-0.15, -0.1) is 0 Å². The summed E-state index contributed by atoms with van der Waals surface area (Å²) in [7, 11) is 0. The number of rotatable bonds is 3. The van der Waals surface area contributed by atoms with Crippen molar-refractivity contribution >= 4 is 27.8 Å². The molecule has 5 aromatic carbocycles. The van der Waals surface area contributed by atoms with Crippen LogP contribution < -0.4 is 4.90 Å². The van der Waals surface area contributed by atoms with Crippen LogP contribution in [0.25, 0.3) is 21.9 Å². The number of fused-ring (bicyclic) bond motifs is 2. The second kappa shape index (κ2) is 7.25. The average Bonchev–Trinajstić information content (AvgIpc) is 2.84. The smallest absolute Gasteiger partial charge is 0.116 e. The molecule has 0 aromatic heterocycles. The lowest BCUT2D eigenvalue weighted by atomic mass is 9.68. The minimum Gasteiger partial charge on any atom is -0.508 e. The molecule has 2 nitrogen and oxygen atoms in total. The molecular weight excluding hydrogens is 402 g/mol. The van der Waals surface area contributed by atoms with Gasteiger partial charge in [0, 0.05) is 22.2 Å². The number of phenolic OH excluding ortho intramolecular Hbond substituents is 1. The first-order chi connectivity index (χ1) is 16.1. The summed E-state index contributed by atoms with van der Waals surface area (Å²) in [4.78, 5) is 2.33. The first-order valence-electron chi connectivity index (χ1n) is 11.4. The standard InChI is InChI=1S/C31H25NO/c1-31(2)27-18-16-23(33)20-26(27)24-17-19-29(25-14-9-15-28(31)30(24)25)32(21-10-5-3-6-11-21)22-12-7-4-8-13-22/h3-20,33H,1-2H3.